The number of ketones is 2. The summed E-state index contributed by atoms with van der Waals surface area (Å²) in [6, 6.07) is 11.0. The number of carbonyl (C=O) groups excluding carboxylic acids is 2. The topological polar surface area (TPSA) is 46.2 Å². The van der Waals surface area contributed by atoms with Crippen molar-refractivity contribution in [2.45, 2.75) is 6.92 Å². The fraction of sp³-hybridized carbons (Fsp3) is 0.0588. The Kier molecular flexibility index (Phi) is 3.14. The van der Waals surface area contributed by atoms with E-state index >= 15 is 0 Å². The molecule has 104 valence electrons. The molecule has 0 saturated carbocycles. The first-order valence-electron chi connectivity index (χ1n) is 6.48. The zero-order valence-corrected chi connectivity index (χ0v) is 11.3. The van der Waals surface area contributed by atoms with Crippen molar-refractivity contribution < 1.29 is 14.0 Å². The third-order valence-electron chi connectivity index (χ3n) is 3.28. The summed E-state index contributed by atoms with van der Waals surface area (Å²) in [5.74, 6) is -0.902. The van der Waals surface area contributed by atoms with E-state index in [-0.39, 0.29) is 17.3 Å². The molecule has 0 bridgehead atoms. The van der Waals surface area contributed by atoms with E-state index in [1.807, 2.05) is 0 Å². The number of rotatable bonds is 2. The van der Waals surface area contributed by atoms with Gasteiger partial charge in [-0.05, 0) is 30.7 Å². The molecule has 21 heavy (non-hydrogen) atoms. The van der Waals surface area contributed by atoms with Crippen LogP contribution in [0.15, 0.2) is 54.2 Å². The summed E-state index contributed by atoms with van der Waals surface area (Å²) >= 11 is 0. The molecule has 0 aliphatic heterocycles. The van der Waals surface area contributed by atoms with Gasteiger partial charge in [-0.15, -0.1) is 0 Å². The van der Waals surface area contributed by atoms with Crippen molar-refractivity contribution in [1.82, 2.24) is 0 Å². The first-order chi connectivity index (χ1) is 10.0. The van der Waals surface area contributed by atoms with Gasteiger partial charge in [0.05, 0.1) is 5.70 Å². The molecule has 0 atom stereocenters. The quantitative estimate of drug-likeness (QED) is 0.916. The number of halogens is 1. The Bertz CT molecular complexity index is 773. The van der Waals surface area contributed by atoms with Crippen LogP contribution in [0.25, 0.3) is 0 Å². The Hall–Kier alpha value is -2.75. The fourth-order valence-corrected chi connectivity index (χ4v) is 2.37. The van der Waals surface area contributed by atoms with Crippen molar-refractivity contribution in [2.24, 2.45) is 0 Å². The van der Waals surface area contributed by atoms with E-state index in [1.54, 1.807) is 37.3 Å². The average molecular weight is 281 g/mol. The minimum Gasteiger partial charge on any atom is -0.352 e. The van der Waals surface area contributed by atoms with E-state index < -0.39 is 5.82 Å². The third-order valence-corrected chi connectivity index (χ3v) is 3.28. The Balaban J connectivity index is 1.97. The first-order valence-corrected chi connectivity index (χ1v) is 6.48. The summed E-state index contributed by atoms with van der Waals surface area (Å²) in [6.07, 6.45) is 1.25. The zero-order chi connectivity index (χ0) is 15.0. The molecule has 0 saturated heterocycles. The first kappa shape index (κ1) is 13.2. The molecule has 1 aliphatic carbocycles. The SMILES string of the molecule is Cc1cc(F)cc(NC2=CC(=O)c3ccccc3C2=O)c1. The summed E-state index contributed by atoms with van der Waals surface area (Å²) in [5.41, 5.74) is 2.08. The standard InChI is InChI=1S/C17H12FNO2/c1-10-6-11(18)8-12(7-10)19-15-9-16(20)13-4-2-3-5-14(13)17(15)21/h2-9,19H,1H3. The Labute approximate surface area is 121 Å². The van der Waals surface area contributed by atoms with Crippen LogP contribution in [0.5, 0.6) is 0 Å². The Morgan fingerprint density at radius 3 is 2.43 bits per heavy atom. The number of hydrogen-bond acceptors (Lipinski definition) is 3. The second-order valence-electron chi connectivity index (χ2n) is 4.94. The highest BCUT2D eigenvalue weighted by Gasteiger charge is 2.25. The number of Topliss-reactive ketones (excluding diaryl/α,β-unsaturated/α-hetero) is 1. The van der Waals surface area contributed by atoms with Gasteiger partial charge in [0.1, 0.15) is 5.82 Å². The number of allylic oxidation sites excluding steroid dienone is 2. The van der Waals surface area contributed by atoms with E-state index in [1.165, 1.54) is 18.2 Å². The minimum absolute atomic E-state index is 0.156. The number of fused-ring (bicyclic) bond motifs is 1. The average Bonchev–Trinajstić information content (AvgIpc) is 2.43. The van der Waals surface area contributed by atoms with Crippen molar-refractivity contribution in [3.05, 3.63) is 76.7 Å². The van der Waals surface area contributed by atoms with Crippen LogP contribution in [0.2, 0.25) is 0 Å². The van der Waals surface area contributed by atoms with Crippen LogP contribution in [-0.4, -0.2) is 11.6 Å². The van der Waals surface area contributed by atoms with Crippen LogP contribution >= 0.6 is 0 Å². The molecule has 1 N–H and O–H groups in total. The van der Waals surface area contributed by atoms with Crippen LogP contribution in [0, 0.1) is 12.7 Å². The predicted molar refractivity (Wildman–Crippen MR) is 77.9 cm³/mol. The number of hydrogen-bond donors (Lipinski definition) is 1. The van der Waals surface area contributed by atoms with Gasteiger partial charge >= 0.3 is 0 Å². The number of anilines is 1. The summed E-state index contributed by atoms with van der Waals surface area (Å²) < 4.78 is 13.4. The molecule has 0 amide bonds. The molecule has 0 spiro atoms. The maximum absolute atomic E-state index is 13.4. The van der Waals surface area contributed by atoms with Gasteiger partial charge < -0.3 is 5.32 Å². The van der Waals surface area contributed by atoms with Gasteiger partial charge in [-0.25, -0.2) is 4.39 Å². The largest absolute Gasteiger partial charge is 0.352 e. The van der Waals surface area contributed by atoms with E-state index in [9.17, 15) is 14.0 Å². The molecule has 0 fully saturated rings. The summed E-state index contributed by atoms with van der Waals surface area (Å²) in [4.78, 5) is 24.4. The Morgan fingerprint density at radius 2 is 1.71 bits per heavy atom. The van der Waals surface area contributed by atoms with Crippen LogP contribution in [0.3, 0.4) is 0 Å². The lowest BCUT2D eigenvalue weighted by Gasteiger charge is -2.16. The van der Waals surface area contributed by atoms with E-state index in [0.717, 1.165) is 5.56 Å². The minimum atomic E-state index is -0.395. The van der Waals surface area contributed by atoms with E-state index in [2.05, 4.69) is 5.32 Å². The molecule has 3 nitrogen and oxygen atoms in total. The smallest absolute Gasteiger partial charge is 0.210 e. The van der Waals surface area contributed by atoms with Crippen molar-refractivity contribution in [3.8, 4) is 0 Å². The van der Waals surface area contributed by atoms with Crippen molar-refractivity contribution in [3.63, 3.8) is 0 Å². The van der Waals surface area contributed by atoms with E-state index in [0.29, 0.717) is 16.8 Å². The molecular formula is C17H12FNO2. The normalized spacial score (nSPS) is 13.7. The van der Waals surface area contributed by atoms with Gasteiger partial charge in [0.2, 0.25) is 5.78 Å². The van der Waals surface area contributed by atoms with Crippen LogP contribution in [-0.2, 0) is 0 Å². The van der Waals surface area contributed by atoms with Gasteiger partial charge in [-0.3, -0.25) is 9.59 Å². The highest BCUT2D eigenvalue weighted by atomic mass is 19.1. The van der Waals surface area contributed by atoms with E-state index in [4.69, 9.17) is 0 Å². The molecule has 0 heterocycles. The second-order valence-corrected chi connectivity index (χ2v) is 4.94. The molecular weight excluding hydrogens is 269 g/mol. The lowest BCUT2D eigenvalue weighted by Crippen LogP contribution is -2.21. The van der Waals surface area contributed by atoms with Crippen LogP contribution in [0.1, 0.15) is 26.3 Å². The summed E-state index contributed by atoms with van der Waals surface area (Å²) in [6.45, 7) is 1.76. The molecule has 0 radical (unpaired) electrons. The predicted octanol–water partition coefficient (Wildman–Crippen LogP) is 3.51. The molecule has 4 heteroatoms. The number of carbonyl (C=O) groups is 2. The Morgan fingerprint density at radius 1 is 1.00 bits per heavy atom. The lowest BCUT2D eigenvalue weighted by molar-refractivity contribution is 0.0985. The van der Waals surface area contributed by atoms with Crippen LogP contribution < -0.4 is 5.32 Å². The molecule has 0 aromatic heterocycles. The van der Waals surface area contributed by atoms with Gasteiger partial charge in [0, 0.05) is 22.9 Å². The maximum Gasteiger partial charge on any atom is 0.210 e. The maximum atomic E-state index is 13.4. The van der Waals surface area contributed by atoms with Crippen molar-refractivity contribution in [2.75, 3.05) is 5.32 Å². The van der Waals surface area contributed by atoms with Crippen molar-refractivity contribution >= 4 is 17.3 Å². The highest BCUT2D eigenvalue weighted by molar-refractivity contribution is 6.25. The number of benzene rings is 2. The molecule has 2 aromatic carbocycles. The van der Waals surface area contributed by atoms with Crippen LogP contribution in [0.4, 0.5) is 10.1 Å². The van der Waals surface area contributed by atoms with Gasteiger partial charge in [0.25, 0.3) is 0 Å². The van der Waals surface area contributed by atoms with Gasteiger partial charge in [-0.2, -0.15) is 0 Å². The van der Waals surface area contributed by atoms with Crippen molar-refractivity contribution in [1.29, 1.82) is 0 Å². The molecule has 0 unspecified atom stereocenters. The fourth-order valence-electron chi connectivity index (χ4n) is 2.37. The monoisotopic (exact) mass is 281 g/mol. The highest BCUT2D eigenvalue weighted by Crippen LogP contribution is 2.23. The van der Waals surface area contributed by atoms with Gasteiger partial charge in [0.15, 0.2) is 5.78 Å². The molecule has 1 aliphatic rings. The molecule has 3 rings (SSSR count). The number of nitrogens with one attached hydrogen (secondary N) is 1. The summed E-state index contributed by atoms with van der Waals surface area (Å²) in [7, 11) is 0. The third kappa shape index (κ3) is 2.48. The lowest BCUT2D eigenvalue weighted by atomic mass is 9.92. The zero-order valence-electron chi connectivity index (χ0n) is 11.3. The summed E-state index contributed by atoms with van der Waals surface area (Å²) in [5, 5.41) is 2.83. The molecule has 2 aromatic rings. The van der Waals surface area contributed by atoms with Gasteiger partial charge in [-0.1, -0.05) is 24.3 Å². The number of aryl methyl sites for hydroxylation is 1. The second kappa shape index (κ2) is 4.98.